The molecule has 0 atom stereocenters. The quantitative estimate of drug-likeness (QED) is 0.732. The Labute approximate surface area is 87.8 Å². The maximum Gasteiger partial charge on any atom is 0.0435 e. The number of hydrogen-bond acceptors (Lipinski definition) is 2. The van der Waals surface area contributed by atoms with Crippen molar-refractivity contribution in [1.29, 1.82) is 0 Å². The summed E-state index contributed by atoms with van der Waals surface area (Å²) in [5, 5.41) is 0. The summed E-state index contributed by atoms with van der Waals surface area (Å²) in [6, 6.07) is 0.860. The topological polar surface area (TPSA) is 29.3 Å². The highest BCUT2D eigenvalue weighted by atomic mass is 15.3. The van der Waals surface area contributed by atoms with E-state index in [9.17, 15) is 0 Å². The average molecular weight is 196 g/mol. The molecular weight excluding hydrogens is 172 g/mol. The molecule has 1 saturated heterocycles. The van der Waals surface area contributed by atoms with Crippen LogP contribution in [-0.4, -0.2) is 29.6 Å². The standard InChI is InChI=1S/C12H24N2/c1-10(2)12(13)8-14(9-12)11-6-4-3-5-7-11/h10-11H,3-9,13H2,1-2H3. The Morgan fingerprint density at radius 2 is 1.71 bits per heavy atom. The first-order valence-corrected chi connectivity index (χ1v) is 6.15. The molecule has 2 fully saturated rings. The molecule has 0 spiro atoms. The van der Waals surface area contributed by atoms with Crippen LogP contribution >= 0.6 is 0 Å². The van der Waals surface area contributed by atoms with Crippen LogP contribution in [0.5, 0.6) is 0 Å². The minimum absolute atomic E-state index is 0.122. The maximum absolute atomic E-state index is 6.30. The summed E-state index contributed by atoms with van der Waals surface area (Å²) in [7, 11) is 0. The van der Waals surface area contributed by atoms with Gasteiger partial charge >= 0.3 is 0 Å². The van der Waals surface area contributed by atoms with Crippen molar-refractivity contribution in [2.75, 3.05) is 13.1 Å². The minimum atomic E-state index is 0.122. The fraction of sp³-hybridized carbons (Fsp3) is 1.00. The summed E-state index contributed by atoms with van der Waals surface area (Å²) in [6.45, 7) is 6.76. The molecule has 2 rings (SSSR count). The molecule has 82 valence electrons. The number of nitrogens with two attached hydrogens (primary N) is 1. The normalized spacial score (nSPS) is 29.1. The molecule has 0 aromatic carbocycles. The van der Waals surface area contributed by atoms with Crippen molar-refractivity contribution in [2.24, 2.45) is 11.7 Å². The van der Waals surface area contributed by atoms with E-state index < -0.39 is 0 Å². The highest BCUT2D eigenvalue weighted by Gasteiger charge is 2.44. The lowest BCUT2D eigenvalue weighted by atomic mass is 9.78. The zero-order chi connectivity index (χ0) is 10.2. The SMILES string of the molecule is CC(C)C1(N)CN(C2CCCCC2)C1. The minimum Gasteiger partial charge on any atom is -0.323 e. The lowest BCUT2D eigenvalue weighted by Gasteiger charge is -2.54. The van der Waals surface area contributed by atoms with E-state index in [-0.39, 0.29) is 5.54 Å². The van der Waals surface area contributed by atoms with Crippen molar-refractivity contribution in [1.82, 2.24) is 4.90 Å². The van der Waals surface area contributed by atoms with Crippen LogP contribution in [0.25, 0.3) is 0 Å². The number of nitrogens with zero attached hydrogens (tertiary/aromatic N) is 1. The number of likely N-dealkylation sites (tertiary alicyclic amines) is 1. The van der Waals surface area contributed by atoms with Gasteiger partial charge in [-0.05, 0) is 18.8 Å². The van der Waals surface area contributed by atoms with Crippen LogP contribution in [0.4, 0.5) is 0 Å². The molecule has 0 radical (unpaired) electrons. The lowest BCUT2D eigenvalue weighted by molar-refractivity contribution is -0.00904. The van der Waals surface area contributed by atoms with Gasteiger partial charge in [0.15, 0.2) is 0 Å². The zero-order valence-corrected chi connectivity index (χ0v) is 9.63. The van der Waals surface area contributed by atoms with Crippen molar-refractivity contribution in [3.8, 4) is 0 Å². The Morgan fingerprint density at radius 3 is 2.21 bits per heavy atom. The van der Waals surface area contributed by atoms with Crippen molar-refractivity contribution in [2.45, 2.75) is 57.5 Å². The molecule has 2 aliphatic rings. The van der Waals surface area contributed by atoms with Gasteiger partial charge in [-0.15, -0.1) is 0 Å². The number of rotatable bonds is 2. The Kier molecular flexibility index (Phi) is 2.85. The second-order valence-electron chi connectivity index (χ2n) is 5.58. The van der Waals surface area contributed by atoms with Crippen molar-refractivity contribution < 1.29 is 0 Å². The van der Waals surface area contributed by atoms with Gasteiger partial charge in [0.1, 0.15) is 0 Å². The van der Waals surface area contributed by atoms with Crippen LogP contribution in [-0.2, 0) is 0 Å². The molecule has 2 N–H and O–H groups in total. The van der Waals surface area contributed by atoms with Crippen LogP contribution in [0.1, 0.15) is 46.0 Å². The smallest absolute Gasteiger partial charge is 0.0435 e. The third-order valence-electron chi connectivity index (χ3n) is 4.24. The summed E-state index contributed by atoms with van der Waals surface area (Å²) in [4.78, 5) is 2.61. The zero-order valence-electron chi connectivity index (χ0n) is 9.63. The summed E-state index contributed by atoms with van der Waals surface area (Å²) >= 11 is 0. The molecule has 0 aromatic heterocycles. The molecule has 1 saturated carbocycles. The van der Waals surface area contributed by atoms with E-state index in [0.29, 0.717) is 5.92 Å². The van der Waals surface area contributed by atoms with E-state index >= 15 is 0 Å². The first-order chi connectivity index (χ1) is 6.62. The van der Waals surface area contributed by atoms with Gasteiger partial charge in [0.2, 0.25) is 0 Å². The van der Waals surface area contributed by atoms with E-state index in [1.54, 1.807) is 0 Å². The van der Waals surface area contributed by atoms with Gasteiger partial charge in [-0.3, -0.25) is 4.90 Å². The first kappa shape index (κ1) is 10.4. The molecular formula is C12H24N2. The van der Waals surface area contributed by atoms with Gasteiger partial charge in [-0.25, -0.2) is 0 Å². The third kappa shape index (κ3) is 1.82. The van der Waals surface area contributed by atoms with Crippen molar-refractivity contribution in [3.05, 3.63) is 0 Å². The highest BCUT2D eigenvalue weighted by Crippen LogP contribution is 2.32. The summed E-state index contributed by atoms with van der Waals surface area (Å²) in [5.74, 6) is 0.627. The van der Waals surface area contributed by atoms with E-state index in [1.807, 2.05) is 0 Å². The van der Waals surface area contributed by atoms with E-state index in [0.717, 1.165) is 19.1 Å². The largest absolute Gasteiger partial charge is 0.323 e. The second kappa shape index (κ2) is 3.82. The van der Waals surface area contributed by atoms with Crippen LogP contribution in [0, 0.1) is 5.92 Å². The van der Waals surface area contributed by atoms with Gasteiger partial charge in [-0.1, -0.05) is 33.1 Å². The summed E-state index contributed by atoms with van der Waals surface area (Å²) in [6.07, 6.45) is 7.13. The van der Waals surface area contributed by atoms with Crippen molar-refractivity contribution >= 4 is 0 Å². The maximum atomic E-state index is 6.30. The van der Waals surface area contributed by atoms with Crippen LogP contribution < -0.4 is 5.73 Å². The highest BCUT2D eigenvalue weighted by molar-refractivity contribution is 5.04. The third-order valence-corrected chi connectivity index (χ3v) is 4.24. The van der Waals surface area contributed by atoms with Gasteiger partial charge in [0.05, 0.1) is 0 Å². The number of hydrogen-bond donors (Lipinski definition) is 1. The fourth-order valence-corrected chi connectivity index (χ4v) is 2.78. The second-order valence-corrected chi connectivity index (χ2v) is 5.58. The van der Waals surface area contributed by atoms with E-state index in [1.165, 1.54) is 32.1 Å². The predicted octanol–water partition coefficient (Wildman–Crippen LogP) is 1.99. The van der Waals surface area contributed by atoms with E-state index in [4.69, 9.17) is 5.73 Å². The fourth-order valence-electron chi connectivity index (χ4n) is 2.78. The Morgan fingerprint density at radius 1 is 1.14 bits per heavy atom. The van der Waals surface area contributed by atoms with Crippen LogP contribution in [0.2, 0.25) is 0 Å². The molecule has 2 heteroatoms. The molecule has 1 heterocycles. The molecule has 0 bridgehead atoms. The molecule has 2 nitrogen and oxygen atoms in total. The van der Waals surface area contributed by atoms with Gasteiger partial charge < -0.3 is 5.73 Å². The van der Waals surface area contributed by atoms with Gasteiger partial charge in [-0.2, -0.15) is 0 Å². The summed E-state index contributed by atoms with van der Waals surface area (Å²) < 4.78 is 0. The van der Waals surface area contributed by atoms with Crippen LogP contribution in [0.15, 0.2) is 0 Å². The van der Waals surface area contributed by atoms with Crippen LogP contribution in [0.3, 0.4) is 0 Å². The van der Waals surface area contributed by atoms with E-state index in [2.05, 4.69) is 18.7 Å². The average Bonchev–Trinajstić information content (AvgIpc) is 2.14. The molecule has 0 aromatic rings. The lowest BCUT2D eigenvalue weighted by Crippen LogP contribution is -2.71. The first-order valence-electron chi connectivity index (χ1n) is 6.15. The Bertz CT molecular complexity index is 188. The summed E-state index contributed by atoms with van der Waals surface area (Å²) in [5.41, 5.74) is 6.42. The van der Waals surface area contributed by atoms with Gasteiger partial charge in [0, 0.05) is 24.7 Å². The molecule has 0 amide bonds. The Hall–Kier alpha value is -0.0800. The Balaban J connectivity index is 1.81. The molecule has 0 unspecified atom stereocenters. The van der Waals surface area contributed by atoms with Gasteiger partial charge in [0.25, 0.3) is 0 Å². The molecule has 1 aliphatic heterocycles. The molecule has 14 heavy (non-hydrogen) atoms. The predicted molar refractivity (Wildman–Crippen MR) is 60.2 cm³/mol. The molecule has 1 aliphatic carbocycles. The monoisotopic (exact) mass is 196 g/mol. The van der Waals surface area contributed by atoms with Crippen molar-refractivity contribution in [3.63, 3.8) is 0 Å².